The summed E-state index contributed by atoms with van der Waals surface area (Å²) in [5.41, 5.74) is 1.17. The molecule has 0 aliphatic rings. The van der Waals surface area contributed by atoms with Crippen LogP contribution in [0.3, 0.4) is 0 Å². The van der Waals surface area contributed by atoms with Gasteiger partial charge in [-0.25, -0.2) is 18.1 Å². The smallest absolute Gasteiger partial charge is 0.267 e. The summed E-state index contributed by atoms with van der Waals surface area (Å²) in [6.07, 6.45) is 4.72. The third-order valence-corrected chi connectivity index (χ3v) is 6.39. The van der Waals surface area contributed by atoms with E-state index in [4.69, 9.17) is 0 Å². The Balaban J connectivity index is 1.44. The zero-order valence-electron chi connectivity index (χ0n) is 16.4. The fourth-order valence-corrected chi connectivity index (χ4v) is 4.52. The Hall–Kier alpha value is -3.90. The summed E-state index contributed by atoms with van der Waals surface area (Å²) in [6, 6.07) is 12.1. The maximum absolute atomic E-state index is 12.4. The van der Waals surface area contributed by atoms with E-state index in [9.17, 15) is 18.0 Å². The van der Waals surface area contributed by atoms with Crippen LogP contribution in [-0.2, 0) is 21.4 Å². The number of anilines is 2. The molecular formula is C20H16N6O4S2. The Morgan fingerprint density at radius 1 is 1.06 bits per heavy atom. The van der Waals surface area contributed by atoms with Crippen molar-refractivity contribution in [1.82, 2.24) is 19.7 Å². The van der Waals surface area contributed by atoms with E-state index in [1.807, 2.05) is 0 Å². The fraction of sp³-hybridized carbons (Fsp3) is 0.0500. The number of carbonyl (C=O) groups excluding carboxylic acids is 1. The zero-order chi connectivity index (χ0) is 22.6. The van der Waals surface area contributed by atoms with Crippen LogP contribution in [0.25, 0.3) is 11.3 Å². The van der Waals surface area contributed by atoms with Gasteiger partial charge in [-0.05, 0) is 42.5 Å². The molecule has 0 spiro atoms. The molecule has 2 N–H and O–H groups in total. The van der Waals surface area contributed by atoms with Crippen molar-refractivity contribution in [2.45, 2.75) is 11.4 Å². The minimum atomic E-state index is -3.79. The number of aromatic nitrogens is 4. The molecule has 0 saturated carbocycles. The van der Waals surface area contributed by atoms with Crippen molar-refractivity contribution >= 4 is 38.1 Å². The number of hydrogen-bond acceptors (Lipinski definition) is 8. The highest BCUT2D eigenvalue weighted by Gasteiger charge is 2.16. The molecule has 1 aromatic carbocycles. The van der Waals surface area contributed by atoms with Crippen molar-refractivity contribution in [3.63, 3.8) is 0 Å². The van der Waals surface area contributed by atoms with Crippen molar-refractivity contribution in [1.29, 1.82) is 0 Å². The first-order valence-corrected chi connectivity index (χ1v) is 11.6. The molecule has 12 heteroatoms. The van der Waals surface area contributed by atoms with Crippen molar-refractivity contribution in [2.75, 3.05) is 10.0 Å². The fourth-order valence-electron chi connectivity index (χ4n) is 2.73. The molecule has 4 aromatic rings. The third kappa shape index (κ3) is 5.04. The number of carbonyl (C=O) groups is 1. The van der Waals surface area contributed by atoms with Gasteiger partial charge >= 0.3 is 0 Å². The Kier molecular flexibility index (Phi) is 6.05. The van der Waals surface area contributed by atoms with Gasteiger partial charge < -0.3 is 5.32 Å². The highest BCUT2D eigenvalue weighted by Crippen LogP contribution is 2.19. The number of rotatable bonds is 7. The van der Waals surface area contributed by atoms with Crippen molar-refractivity contribution in [3.8, 4) is 11.3 Å². The second-order valence-corrected chi connectivity index (χ2v) is 9.05. The average Bonchev–Trinajstić information content (AvgIpc) is 3.28. The van der Waals surface area contributed by atoms with Crippen molar-refractivity contribution in [2.24, 2.45) is 0 Å². The molecule has 0 aliphatic heterocycles. The number of pyridine rings is 1. The summed E-state index contributed by atoms with van der Waals surface area (Å²) in [7, 11) is -3.79. The lowest BCUT2D eigenvalue weighted by Crippen LogP contribution is -2.29. The lowest BCUT2D eigenvalue weighted by atomic mass is 10.2. The van der Waals surface area contributed by atoms with E-state index >= 15 is 0 Å². The first-order valence-electron chi connectivity index (χ1n) is 9.21. The number of nitrogens with one attached hydrogen (secondary N) is 2. The minimum Gasteiger partial charge on any atom is -0.324 e. The Labute approximate surface area is 186 Å². The van der Waals surface area contributed by atoms with Crippen LogP contribution >= 0.6 is 11.3 Å². The average molecular weight is 469 g/mol. The van der Waals surface area contributed by atoms with E-state index in [1.54, 1.807) is 36.0 Å². The predicted octanol–water partition coefficient (Wildman–Crippen LogP) is 2.20. The number of thiazole rings is 1. The molecule has 4 rings (SSSR count). The Morgan fingerprint density at radius 3 is 2.56 bits per heavy atom. The number of hydrogen-bond donors (Lipinski definition) is 2. The molecule has 0 bridgehead atoms. The van der Waals surface area contributed by atoms with E-state index in [1.165, 1.54) is 36.5 Å². The lowest BCUT2D eigenvalue weighted by molar-refractivity contribution is -0.117. The molecule has 0 radical (unpaired) electrons. The molecule has 32 heavy (non-hydrogen) atoms. The van der Waals surface area contributed by atoms with Gasteiger partial charge in [0, 0.05) is 41.3 Å². The van der Waals surface area contributed by atoms with Gasteiger partial charge in [-0.15, -0.1) is 11.3 Å². The quantitative estimate of drug-likeness (QED) is 0.424. The first kappa shape index (κ1) is 21.3. The van der Waals surface area contributed by atoms with E-state index < -0.39 is 21.5 Å². The van der Waals surface area contributed by atoms with Crippen LogP contribution in [0.5, 0.6) is 0 Å². The summed E-state index contributed by atoms with van der Waals surface area (Å²) in [4.78, 5) is 32.4. The summed E-state index contributed by atoms with van der Waals surface area (Å²) < 4.78 is 28.2. The second-order valence-electron chi connectivity index (χ2n) is 6.47. The van der Waals surface area contributed by atoms with Crippen LogP contribution in [0, 0.1) is 0 Å². The van der Waals surface area contributed by atoms with Gasteiger partial charge in [0.05, 0.1) is 10.6 Å². The van der Waals surface area contributed by atoms with Crippen molar-refractivity contribution in [3.05, 3.63) is 82.9 Å². The van der Waals surface area contributed by atoms with Gasteiger partial charge in [-0.3, -0.25) is 19.3 Å². The van der Waals surface area contributed by atoms with Gasteiger partial charge in [0.15, 0.2) is 5.13 Å². The molecule has 0 atom stereocenters. The zero-order valence-corrected chi connectivity index (χ0v) is 18.0. The molecular weight excluding hydrogens is 452 g/mol. The molecule has 0 fully saturated rings. The number of sulfonamides is 1. The largest absolute Gasteiger partial charge is 0.324 e. The van der Waals surface area contributed by atoms with Crippen molar-refractivity contribution < 1.29 is 13.2 Å². The predicted molar refractivity (Wildman–Crippen MR) is 120 cm³/mol. The molecule has 162 valence electrons. The van der Waals surface area contributed by atoms with Gasteiger partial charge in [-0.1, -0.05) is 0 Å². The van der Waals surface area contributed by atoms with Crippen LogP contribution in [0.1, 0.15) is 0 Å². The van der Waals surface area contributed by atoms with E-state index in [2.05, 4.69) is 25.1 Å². The third-order valence-electron chi connectivity index (χ3n) is 4.22. The van der Waals surface area contributed by atoms with Gasteiger partial charge in [-0.2, -0.15) is 5.10 Å². The van der Waals surface area contributed by atoms with Gasteiger partial charge in [0.25, 0.3) is 15.6 Å². The summed E-state index contributed by atoms with van der Waals surface area (Å²) in [5.74, 6) is -0.487. The lowest BCUT2D eigenvalue weighted by Gasteiger charge is -2.09. The molecule has 3 heterocycles. The van der Waals surface area contributed by atoms with E-state index in [-0.39, 0.29) is 16.6 Å². The van der Waals surface area contributed by atoms with Crippen LogP contribution in [-0.4, -0.2) is 34.1 Å². The standard InChI is InChI=1S/C20H16N6O4S2/c27-18(13-26-19(28)8-7-17(24-26)14-2-1-9-21-12-14)23-15-3-5-16(6-4-15)32(29,30)25-20-22-10-11-31-20/h1-12H,13H2,(H,22,25)(H,23,27). The SMILES string of the molecule is O=C(Cn1nc(-c2cccnc2)ccc1=O)Nc1ccc(S(=O)(=O)Nc2nccs2)cc1. The van der Waals surface area contributed by atoms with Crippen LogP contribution in [0.2, 0.25) is 0 Å². The first-order chi connectivity index (χ1) is 15.4. The Bertz CT molecular complexity index is 1390. The normalized spacial score (nSPS) is 11.1. The van der Waals surface area contributed by atoms with Crippen LogP contribution in [0.4, 0.5) is 10.8 Å². The summed E-state index contributed by atoms with van der Waals surface area (Å²) in [6.45, 7) is -0.307. The Morgan fingerprint density at radius 2 is 1.88 bits per heavy atom. The van der Waals surface area contributed by atoms with Crippen LogP contribution in [0.15, 0.2) is 82.2 Å². The number of nitrogens with zero attached hydrogens (tertiary/aromatic N) is 4. The molecule has 3 aromatic heterocycles. The van der Waals surface area contributed by atoms with E-state index in [0.29, 0.717) is 16.9 Å². The second kappa shape index (κ2) is 9.08. The highest BCUT2D eigenvalue weighted by molar-refractivity contribution is 7.93. The van der Waals surface area contributed by atoms with Crippen LogP contribution < -0.4 is 15.6 Å². The van der Waals surface area contributed by atoms with Gasteiger partial charge in [0.1, 0.15) is 6.54 Å². The molecule has 0 aliphatic carbocycles. The van der Waals surface area contributed by atoms with Gasteiger partial charge in [0.2, 0.25) is 5.91 Å². The maximum Gasteiger partial charge on any atom is 0.267 e. The topological polar surface area (TPSA) is 136 Å². The highest BCUT2D eigenvalue weighted by atomic mass is 32.2. The molecule has 0 saturated heterocycles. The number of benzene rings is 1. The minimum absolute atomic E-state index is 0.0211. The van der Waals surface area contributed by atoms with E-state index in [0.717, 1.165) is 16.0 Å². The molecule has 1 amide bonds. The molecule has 10 nitrogen and oxygen atoms in total. The monoisotopic (exact) mass is 468 g/mol. The maximum atomic E-state index is 12.4. The summed E-state index contributed by atoms with van der Waals surface area (Å²) in [5, 5.41) is 8.76. The summed E-state index contributed by atoms with van der Waals surface area (Å²) >= 11 is 1.16. The molecule has 0 unspecified atom stereocenters. The number of amides is 1.